The van der Waals surface area contributed by atoms with E-state index in [1.807, 2.05) is 27.0 Å². The van der Waals surface area contributed by atoms with Gasteiger partial charge in [-0.2, -0.15) is 12.6 Å². The molecule has 2 atom stereocenters. The van der Waals surface area contributed by atoms with E-state index in [4.69, 9.17) is 22.1 Å². The number of benzene rings is 1. The van der Waals surface area contributed by atoms with Crippen LogP contribution in [0, 0.1) is 25.6 Å². The lowest BCUT2D eigenvalue weighted by molar-refractivity contribution is 0.168. The molecule has 4 rings (SSSR count). The number of aromatic nitrogens is 2. The Hall–Kier alpha value is -1.86. The van der Waals surface area contributed by atoms with Crippen LogP contribution in [0.3, 0.4) is 0 Å². The highest BCUT2D eigenvalue weighted by atomic mass is 32.1. The zero-order valence-electron chi connectivity index (χ0n) is 16.5. The van der Waals surface area contributed by atoms with Gasteiger partial charge in [-0.25, -0.2) is 4.39 Å². The van der Waals surface area contributed by atoms with Crippen molar-refractivity contribution in [2.75, 3.05) is 26.3 Å². The molecule has 0 N–H and O–H groups in total. The van der Waals surface area contributed by atoms with Crippen LogP contribution >= 0.6 is 12.6 Å². The minimum Gasteiger partial charge on any atom is -0.486 e. The van der Waals surface area contributed by atoms with Crippen LogP contribution in [-0.4, -0.2) is 41.2 Å². The topological polar surface area (TPSA) is 47.5 Å². The van der Waals surface area contributed by atoms with E-state index in [-0.39, 0.29) is 5.82 Å². The van der Waals surface area contributed by atoms with Crippen molar-refractivity contribution in [3.8, 4) is 11.5 Å². The summed E-state index contributed by atoms with van der Waals surface area (Å²) in [6, 6.07) is 3.15. The second-order valence-corrected chi connectivity index (χ2v) is 8.72. The van der Waals surface area contributed by atoms with Gasteiger partial charge in [0.2, 0.25) is 0 Å². The summed E-state index contributed by atoms with van der Waals surface area (Å²) in [5.74, 6) is 1.18. The van der Waals surface area contributed by atoms with Gasteiger partial charge in [-0.05, 0) is 45.6 Å². The summed E-state index contributed by atoms with van der Waals surface area (Å²) in [6.07, 6.45) is 3.72. The number of halogens is 1. The zero-order chi connectivity index (χ0) is 19.9. The highest BCUT2D eigenvalue weighted by Gasteiger charge is 2.38. The van der Waals surface area contributed by atoms with E-state index in [1.54, 1.807) is 6.07 Å². The Kier molecular flexibility index (Phi) is 5.22. The number of aryl methyl sites for hydroxylation is 2. The van der Waals surface area contributed by atoms with Crippen molar-refractivity contribution in [2.45, 2.75) is 38.5 Å². The number of likely N-dealkylation sites (tertiary alicyclic amines) is 1. The standard InChI is InChI=1S/C21H26FN3O2S/c1-13-11-23-18(14(2)24-13)8-15-4-5-25(12-15)21(3,28)16-9-19-20(10-17(16)22)27-7-6-26-19/h9-11,15,28H,4-8,12H2,1-3H3/t15-,21+/m1/s1. The zero-order valence-corrected chi connectivity index (χ0v) is 17.4. The molecule has 2 aromatic rings. The highest BCUT2D eigenvalue weighted by Crippen LogP contribution is 2.42. The number of hydrogen-bond donors (Lipinski definition) is 1. The second kappa shape index (κ2) is 7.52. The first-order chi connectivity index (χ1) is 13.3. The Bertz CT molecular complexity index is 890. The van der Waals surface area contributed by atoms with Crippen molar-refractivity contribution >= 4 is 12.6 Å². The first kappa shape index (κ1) is 19.5. The summed E-state index contributed by atoms with van der Waals surface area (Å²) < 4.78 is 26.0. The molecule has 0 bridgehead atoms. The third-order valence-electron chi connectivity index (χ3n) is 5.69. The first-order valence-electron chi connectivity index (χ1n) is 9.70. The Balaban J connectivity index is 1.51. The van der Waals surface area contributed by atoms with Gasteiger partial charge in [0.15, 0.2) is 11.5 Å². The number of fused-ring (bicyclic) bond motifs is 1. The fourth-order valence-electron chi connectivity index (χ4n) is 4.09. The lowest BCUT2D eigenvalue weighted by atomic mass is 10.0. The van der Waals surface area contributed by atoms with E-state index in [2.05, 4.69) is 14.9 Å². The quantitative estimate of drug-likeness (QED) is 0.790. The molecular weight excluding hydrogens is 377 g/mol. The van der Waals surface area contributed by atoms with Crippen molar-refractivity contribution < 1.29 is 13.9 Å². The summed E-state index contributed by atoms with van der Waals surface area (Å²) in [5.41, 5.74) is 3.49. The Morgan fingerprint density at radius 3 is 2.68 bits per heavy atom. The lowest BCUT2D eigenvalue weighted by Crippen LogP contribution is -2.39. The van der Waals surface area contributed by atoms with Crippen LogP contribution in [0.4, 0.5) is 4.39 Å². The number of hydrogen-bond acceptors (Lipinski definition) is 6. The number of thiol groups is 1. The van der Waals surface area contributed by atoms with Crippen LogP contribution in [0.2, 0.25) is 0 Å². The molecule has 0 saturated carbocycles. The predicted molar refractivity (Wildman–Crippen MR) is 109 cm³/mol. The molecule has 28 heavy (non-hydrogen) atoms. The first-order valence-corrected chi connectivity index (χ1v) is 10.2. The average Bonchev–Trinajstić information content (AvgIpc) is 3.13. The lowest BCUT2D eigenvalue weighted by Gasteiger charge is -2.36. The molecule has 0 aliphatic carbocycles. The average molecular weight is 404 g/mol. The van der Waals surface area contributed by atoms with Gasteiger partial charge in [-0.3, -0.25) is 14.9 Å². The van der Waals surface area contributed by atoms with E-state index in [0.29, 0.717) is 36.2 Å². The van der Waals surface area contributed by atoms with Gasteiger partial charge in [0.25, 0.3) is 0 Å². The molecule has 5 nitrogen and oxygen atoms in total. The summed E-state index contributed by atoms with van der Waals surface area (Å²) in [4.78, 5) is 10.6. The number of nitrogens with zero attached hydrogens (tertiary/aromatic N) is 3. The van der Waals surface area contributed by atoms with Crippen LogP contribution in [0.25, 0.3) is 0 Å². The maximum Gasteiger partial charge on any atom is 0.164 e. The Morgan fingerprint density at radius 2 is 1.96 bits per heavy atom. The Morgan fingerprint density at radius 1 is 1.25 bits per heavy atom. The molecule has 0 amide bonds. The van der Waals surface area contributed by atoms with Gasteiger partial charge < -0.3 is 9.47 Å². The summed E-state index contributed by atoms with van der Waals surface area (Å²) in [6.45, 7) is 8.53. The van der Waals surface area contributed by atoms with Crippen molar-refractivity contribution in [1.29, 1.82) is 0 Å². The van der Waals surface area contributed by atoms with Crippen molar-refractivity contribution in [3.05, 3.63) is 46.8 Å². The van der Waals surface area contributed by atoms with Gasteiger partial charge in [0.1, 0.15) is 19.0 Å². The Labute approximate surface area is 170 Å². The van der Waals surface area contributed by atoms with E-state index in [1.165, 1.54) is 6.07 Å². The van der Waals surface area contributed by atoms with Crippen LogP contribution in [-0.2, 0) is 11.3 Å². The minimum absolute atomic E-state index is 0.314. The summed E-state index contributed by atoms with van der Waals surface area (Å²) >= 11 is 4.87. The van der Waals surface area contributed by atoms with Crippen LogP contribution < -0.4 is 9.47 Å². The van der Waals surface area contributed by atoms with Crippen molar-refractivity contribution in [1.82, 2.24) is 14.9 Å². The largest absolute Gasteiger partial charge is 0.486 e. The predicted octanol–water partition coefficient (Wildman–Crippen LogP) is 3.67. The van der Waals surface area contributed by atoms with Crippen LogP contribution in [0.5, 0.6) is 11.5 Å². The highest BCUT2D eigenvalue weighted by molar-refractivity contribution is 7.81. The molecule has 0 radical (unpaired) electrons. The van der Waals surface area contributed by atoms with Crippen LogP contribution in [0.15, 0.2) is 18.3 Å². The molecule has 1 aromatic carbocycles. The van der Waals surface area contributed by atoms with E-state index in [9.17, 15) is 4.39 Å². The summed E-state index contributed by atoms with van der Waals surface area (Å²) in [5, 5.41) is 0. The molecule has 0 unspecified atom stereocenters. The normalized spacial score (nSPS) is 21.5. The maximum atomic E-state index is 14.8. The van der Waals surface area contributed by atoms with Gasteiger partial charge in [-0.1, -0.05) is 0 Å². The monoisotopic (exact) mass is 403 g/mol. The molecule has 7 heteroatoms. The van der Waals surface area contributed by atoms with Gasteiger partial charge in [0.05, 0.1) is 22.0 Å². The molecule has 150 valence electrons. The third kappa shape index (κ3) is 3.70. The molecule has 1 saturated heterocycles. The van der Waals surface area contributed by atoms with Gasteiger partial charge >= 0.3 is 0 Å². The molecule has 3 heterocycles. The van der Waals surface area contributed by atoms with E-state index < -0.39 is 4.87 Å². The van der Waals surface area contributed by atoms with E-state index >= 15 is 0 Å². The smallest absolute Gasteiger partial charge is 0.164 e. The molecular formula is C21H26FN3O2S. The van der Waals surface area contributed by atoms with Crippen LogP contribution in [0.1, 0.15) is 36.0 Å². The fourth-order valence-corrected chi connectivity index (χ4v) is 4.44. The second-order valence-electron chi connectivity index (χ2n) is 7.84. The maximum absolute atomic E-state index is 14.8. The van der Waals surface area contributed by atoms with Crippen molar-refractivity contribution in [3.63, 3.8) is 0 Å². The minimum atomic E-state index is -0.733. The number of ether oxygens (including phenoxy) is 2. The molecule has 1 fully saturated rings. The fraction of sp³-hybridized carbons (Fsp3) is 0.524. The van der Waals surface area contributed by atoms with Crippen molar-refractivity contribution in [2.24, 2.45) is 5.92 Å². The molecule has 1 aromatic heterocycles. The van der Waals surface area contributed by atoms with Gasteiger partial charge in [-0.15, -0.1) is 0 Å². The van der Waals surface area contributed by atoms with Gasteiger partial charge in [0, 0.05) is 30.9 Å². The molecule has 0 spiro atoms. The number of rotatable bonds is 4. The summed E-state index contributed by atoms with van der Waals surface area (Å²) in [7, 11) is 0. The third-order valence-corrected chi connectivity index (χ3v) is 6.22. The molecule has 2 aliphatic heterocycles. The van der Waals surface area contributed by atoms with E-state index in [0.717, 1.165) is 43.0 Å². The molecule has 2 aliphatic rings. The SMILES string of the molecule is Cc1cnc(C[C@H]2CCN([C@@](C)(S)c3cc4c(cc3F)OCCO4)C2)c(C)n1.